The first kappa shape index (κ1) is 16.9. The Morgan fingerprint density at radius 3 is 2.78 bits per heavy atom. The molecule has 1 unspecified atom stereocenters. The van der Waals surface area contributed by atoms with Gasteiger partial charge >= 0.3 is 0 Å². The number of nitrogens with two attached hydrogens (primary N) is 1. The van der Waals surface area contributed by atoms with Crippen molar-refractivity contribution < 1.29 is 9.59 Å². The molecule has 1 aromatic carbocycles. The second-order valence-corrected chi connectivity index (χ2v) is 6.15. The minimum Gasteiger partial charge on any atom is -0.367 e. The average Bonchev–Trinajstić information content (AvgIpc) is 3.28. The van der Waals surface area contributed by atoms with Crippen LogP contribution in [0.25, 0.3) is 11.0 Å². The van der Waals surface area contributed by atoms with Crippen molar-refractivity contribution in [2.24, 2.45) is 10.7 Å². The molecule has 2 amide bonds. The molecule has 0 spiro atoms. The number of imidazole rings is 1. The molecule has 1 aliphatic heterocycles. The van der Waals surface area contributed by atoms with Crippen LogP contribution < -0.4 is 16.4 Å². The van der Waals surface area contributed by atoms with Gasteiger partial charge in [0.25, 0.3) is 11.8 Å². The van der Waals surface area contributed by atoms with Crippen molar-refractivity contribution in [3.05, 3.63) is 54.1 Å². The molecule has 0 saturated carbocycles. The molecule has 136 valence electrons. The van der Waals surface area contributed by atoms with Crippen molar-refractivity contribution in [1.29, 1.82) is 0 Å². The Labute approximate surface area is 154 Å². The van der Waals surface area contributed by atoms with Crippen LogP contribution >= 0.6 is 0 Å². The Morgan fingerprint density at radius 2 is 2.04 bits per heavy atom. The molecule has 27 heavy (non-hydrogen) atoms. The van der Waals surface area contributed by atoms with Crippen LogP contribution in [0, 0.1) is 6.92 Å². The highest BCUT2D eigenvalue weighted by Gasteiger charge is 2.52. The van der Waals surface area contributed by atoms with Crippen LogP contribution in [0.1, 0.15) is 11.5 Å². The smallest absolute Gasteiger partial charge is 0.272 e. The highest BCUT2D eigenvalue weighted by Crippen LogP contribution is 2.27. The monoisotopic (exact) mass is 363 g/mol. The van der Waals surface area contributed by atoms with Gasteiger partial charge in [-0.05, 0) is 31.2 Å². The van der Waals surface area contributed by atoms with Gasteiger partial charge in [0.15, 0.2) is 0 Å². The van der Waals surface area contributed by atoms with Crippen molar-refractivity contribution in [2.75, 3.05) is 12.0 Å². The number of nitrogens with one attached hydrogen (secondary N) is 3. The van der Waals surface area contributed by atoms with Crippen molar-refractivity contribution in [3.8, 4) is 0 Å². The normalized spacial score (nSPS) is 19.1. The van der Waals surface area contributed by atoms with Gasteiger partial charge in [-0.3, -0.25) is 24.9 Å². The number of anilines is 1. The number of aromatic amines is 1. The minimum absolute atomic E-state index is 0.0442. The van der Waals surface area contributed by atoms with Gasteiger partial charge in [-0.1, -0.05) is 12.1 Å². The van der Waals surface area contributed by atoms with Crippen molar-refractivity contribution in [1.82, 2.24) is 20.3 Å². The number of aromatic nitrogens is 3. The fourth-order valence-corrected chi connectivity index (χ4v) is 3.13. The Balaban J connectivity index is 1.76. The maximum absolute atomic E-state index is 12.9. The topological polar surface area (TPSA) is 138 Å². The van der Waals surface area contributed by atoms with Crippen LogP contribution in [-0.4, -0.2) is 39.1 Å². The van der Waals surface area contributed by atoms with Gasteiger partial charge in [0.1, 0.15) is 11.5 Å². The van der Waals surface area contributed by atoms with Gasteiger partial charge in [-0.15, -0.1) is 0 Å². The molecule has 1 atom stereocenters. The van der Waals surface area contributed by atoms with Crippen LogP contribution in [0.3, 0.4) is 0 Å². The van der Waals surface area contributed by atoms with E-state index in [9.17, 15) is 9.59 Å². The van der Waals surface area contributed by atoms with E-state index in [0.29, 0.717) is 16.9 Å². The zero-order chi connectivity index (χ0) is 19.0. The standard InChI is InChI=1S/C18H17N7O2/c1-10-11(7-4-8-20-10)23-15(26)14-18(16(19)27,22-9-21-14)17-24-12-5-2-3-6-13(12)25-17/h2-8,22H,9H2,1H3,(H2,19,27)(H,23,26)(H,24,25). The Kier molecular flexibility index (Phi) is 3.93. The van der Waals surface area contributed by atoms with Crippen LogP contribution in [0.5, 0.6) is 0 Å². The number of para-hydroxylation sites is 2. The molecule has 0 aliphatic carbocycles. The summed E-state index contributed by atoms with van der Waals surface area (Å²) in [6.45, 7) is 1.83. The summed E-state index contributed by atoms with van der Waals surface area (Å²) in [7, 11) is 0. The SMILES string of the molecule is Cc1ncccc1NC(=O)C1=NCNC1(C(N)=O)c1nc2ccccc2[nH]1. The third-order valence-electron chi connectivity index (χ3n) is 4.52. The van der Waals surface area contributed by atoms with Gasteiger partial charge in [0, 0.05) is 6.20 Å². The Hall–Kier alpha value is -3.59. The molecule has 0 fully saturated rings. The first-order valence-corrected chi connectivity index (χ1v) is 8.30. The number of aryl methyl sites for hydroxylation is 1. The lowest BCUT2D eigenvalue weighted by atomic mass is 9.91. The minimum atomic E-state index is -1.64. The summed E-state index contributed by atoms with van der Waals surface area (Å²) in [6.07, 6.45) is 1.63. The lowest BCUT2D eigenvalue weighted by molar-refractivity contribution is -0.123. The van der Waals surface area contributed by atoms with Gasteiger partial charge in [-0.2, -0.15) is 0 Å². The largest absolute Gasteiger partial charge is 0.367 e. The predicted octanol–water partition coefficient (Wildman–Crippen LogP) is 0.587. The number of fused-ring (bicyclic) bond motifs is 1. The van der Waals surface area contributed by atoms with E-state index in [-0.39, 0.29) is 18.2 Å². The number of pyridine rings is 1. The predicted molar refractivity (Wildman–Crippen MR) is 100 cm³/mol. The molecule has 0 radical (unpaired) electrons. The zero-order valence-corrected chi connectivity index (χ0v) is 14.5. The molecule has 2 aromatic heterocycles. The second-order valence-electron chi connectivity index (χ2n) is 6.15. The third-order valence-corrected chi connectivity index (χ3v) is 4.52. The van der Waals surface area contributed by atoms with E-state index in [4.69, 9.17) is 5.73 Å². The summed E-state index contributed by atoms with van der Waals surface area (Å²) in [6, 6.07) is 10.7. The van der Waals surface area contributed by atoms with E-state index in [1.807, 2.05) is 18.2 Å². The number of benzene rings is 1. The maximum Gasteiger partial charge on any atom is 0.272 e. The van der Waals surface area contributed by atoms with Crippen LogP contribution in [-0.2, 0) is 15.1 Å². The summed E-state index contributed by atoms with van der Waals surface area (Å²) < 4.78 is 0. The lowest BCUT2D eigenvalue weighted by Crippen LogP contribution is -2.58. The first-order chi connectivity index (χ1) is 13.0. The Bertz CT molecular complexity index is 1060. The fourth-order valence-electron chi connectivity index (χ4n) is 3.13. The van der Waals surface area contributed by atoms with E-state index in [1.165, 1.54) is 0 Å². The summed E-state index contributed by atoms with van der Waals surface area (Å²) >= 11 is 0. The summed E-state index contributed by atoms with van der Waals surface area (Å²) in [5.74, 6) is -1.09. The molecule has 9 heteroatoms. The van der Waals surface area contributed by atoms with E-state index in [2.05, 4.69) is 30.6 Å². The highest BCUT2D eigenvalue weighted by atomic mass is 16.2. The van der Waals surface area contributed by atoms with Crippen molar-refractivity contribution in [3.63, 3.8) is 0 Å². The molecule has 9 nitrogen and oxygen atoms in total. The molecule has 3 aromatic rings. The molecular formula is C18H17N7O2. The summed E-state index contributed by atoms with van der Waals surface area (Å²) in [4.78, 5) is 41.2. The van der Waals surface area contributed by atoms with Gasteiger partial charge in [0.2, 0.25) is 5.54 Å². The number of rotatable bonds is 4. The maximum atomic E-state index is 12.9. The molecule has 0 bridgehead atoms. The number of amides is 2. The number of aliphatic imine (C=N–C) groups is 1. The lowest BCUT2D eigenvalue weighted by Gasteiger charge is -2.25. The van der Waals surface area contributed by atoms with Crippen LogP contribution in [0.15, 0.2) is 47.6 Å². The zero-order valence-electron chi connectivity index (χ0n) is 14.5. The molecule has 0 saturated heterocycles. The number of hydrogen-bond donors (Lipinski definition) is 4. The van der Waals surface area contributed by atoms with Gasteiger partial charge in [-0.25, -0.2) is 4.98 Å². The average molecular weight is 363 g/mol. The quantitative estimate of drug-likeness (QED) is 0.537. The van der Waals surface area contributed by atoms with E-state index in [1.54, 1.807) is 31.3 Å². The third kappa shape index (κ3) is 2.64. The van der Waals surface area contributed by atoms with E-state index in [0.717, 1.165) is 5.52 Å². The number of primary amides is 1. The van der Waals surface area contributed by atoms with Gasteiger partial charge in [0.05, 0.1) is 29.1 Å². The number of H-pyrrole nitrogens is 1. The molecule has 1 aliphatic rings. The van der Waals surface area contributed by atoms with E-state index >= 15 is 0 Å². The van der Waals surface area contributed by atoms with Crippen molar-refractivity contribution in [2.45, 2.75) is 12.5 Å². The number of carbonyl (C=O) groups is 2. The summed E-state index contributed by atoms with van der Waals surface area (Å²) in [5.41, 5.74) is 6.58. The molecular weight excluding hydrogens is 346 g/mol. The number of nitrogens with zero attached hydrogens (tertiary/aromatic N) is 3. The Morgan fingerprint density at radius 1 is 1.22 bits per heavy atom. The van der Waals surface area contributed by atoms with Gasteiger partial charge < -0.3 is 16.0 Å². The first-order valence-electron chi connectivity index (χ1n) is 8.30. The van der Waals surface area contributed by atoms with Crippen LogP contribution in [0.4, 0.5) is 5.69 Å². The molecule has 5 N–H and O–H groups in total. The number of carbonyl (C=O) groups excluding carboxylic acids is 2. The number of hydrogen-bond acceptors (Lipinski definition) is 6. The van der Waals surface area contributed by atoms with E-state index < -0.39 is 17.4 Å². The summed E-state index contributed by atoms with van der Waals surface area (Å²) in [5, 5.41) is 5.67. The highest BCUT2D eigenvalue weighted by molar-refractivity contribution is 6.50. The van der Waals surface area contributed by atoms with Crippen LogP contribution in [0.2, 0.25) is 0 Å². The second kappa shape index (κ2) is 6.29. The van der Waals surface area contributed by atoms with Crippen molar-refractivity contribution >= 4 is 34.2 Å². The molecule has 3 heterocycles. The molecule has 4 rings (SSSR count). The fraction of sp³-hybridized carbons (Fsp3) is 0.167.